The molecule has 1 amide bonds. The summed E-state index contributed by atoms with van der Waals surface area (Å²) < 4.78 is 14.2. The molecular weight excluding hydrogens is 637 g/mol. The third-order valence-corrected chi connectivity index (χ3v) is 10.4. The molecule has 3 heterocycles. The summed E-state index contributed by atoms with van der Waals surface area (Å²) in [5.41, 5.74) is 7.65. The van der Waals surface area contributed by atoms with Crippen LogP contribution in [0.4, 0.5) is 5.69 Å². The lowest BCUT2D eigenvalue weighted by molar-refractivity contribution is 0.101. The van der Waals surface area contributed by atoms with Crippen LogP contribution < -0.4 is 14.8 Å². The highest BCUT2D eigenvalue weighted by atomic mass is 35.5. The molecule has 0 bridgehead atoms. The Kier molecular flexibility index (Phi) is 8.93. The number of ether oxygens (including phenoxy) is 2. The van der Waals surface area contributed by atoms with Crippen molar-refractivity contribution in [3.8, 4) is 22.6 Å². The van der Waals surface area contributed by atoms with Crippen molar-refractivity contribution in [3.05, 3.63) is 92.5 Å². The molecule has 2 N–H and O–H groups in total. The number of aliphatic hydroxyl groups excluding tert-OH is 1. The molecule has 9 nitrogen and oxygen atoms in total. The number of benzene rings is 3. The summed E-state index contributed by atoms with van der Waals surface area (Å²) in [6, 6.07) is 15.7. The van der Waals surface area contributed by atoms with Crippen molar-refractivity contribution in [2.24, 2.45) is 7.05 Å². The molecule has 0 radical (unpaired) electrons. The third-order valence-electron chi connectivity index (χ3n) is 9.65. The molecule has 7 rings (SSSR count). The van der Waals surface area contributed by atoms with Gasteiger partial charge in [-0.25, -0.2) is 4.98 Å². The number of halogens is 2. The number of methoxy groups -OCH3 is 1. The molecule has 1 fully saturated rings. The van der Waals surface area contributed by atoms with E-state index in [2.05, 4.69) is 39.3 Å². The minimum atomic E-state index is -0.290. The van der Waals surface area contributed by atoms with Crippen molar-refractivity contribution >= 4 is 34.8 Å². The minimum Gasteiger partial charge on any atom is -0.496 e. The van der Waals surface area contributed by atoms with Gasteiger partial charge in [0.25, 0.3) is 5.91 Å². The van der Waals surface area contributed by atoms with E-state index in [1.165, 1.54) is 0 Å². The predicted octanol–water partition coefficient (Wildman–Crippen LogP) is 6.28. The number of hydrogen-bond acceptors (Lipinski definition) is 7. The van der Waals surface area contributed by atoms with Gasteiger partial charge in [-0.1, -0.05) is 53.5 Å². The molecule has 3 aromatic carbocycles. The summed E-state index contributed by atoms with van der Waals surface area (Å²) in [5, 5.41) is 14.0. The molecule has 0 saturated carbocycles. The quantitative estimate of drug-likeness (QED) is 0.227. The molecule has 2 aliphatic heterocycles. The number of nitrogens with zero attached hydrogens (tertiary/aromatic N) is 4. The zero-order valence-electron chi connectivity index (χ0n) is 26.9. The fourth-order valence-corrected chi connectivity index (χ4v) is 7.70. The Hall–Kier alpha value is -3.60. The van der Waals surface area contributed by atoms with E-state index in [0.29, 0.717) is 46.1 Å². The number of likely N-dealkylation sites (tertiary alicyclic amines) is 1. The van der Waals surface area contributed by atoms with E-state index < -0.39 is 0 Å². The molecule has 1 aliphatic carbocycles. The highest BCUT2D eigenvalue weighted by Gasteiger charge is 2.30. The number of nitrogens with one attached hydrogen (secondary N) is 1. The first kappa shape index (κ1) is 32.0. The monoisotopic (exact) mass is 675 g/mol. The Bertz CT molecular complexity index is 1840. The number of aromatic nitrogens is 2. The van der Waals surface area contributed by atoms with Crippen LogP contribution in [0.15, 0.2) is 48.5 Å². The van der Waals surface area contributed by atoms with Crippen molar-refractivity contribution in [1.29, 1.82) is 0 Å². The Labute approximate surface area is 285 Å². The molecule has 1 saturated heterocycles. The number of β-amino-alcohol motifs (C(OH)–C–C–N with tert-alkyl or cyclic N) is 1. The zero-order valence-corrected chi connectivity index (χ0v) is 28.4. The topological polar surface area (TPSA) is 92.1 Å². The minimum absolute atomic E-state index is 0.193. The summed E-state index contributed by atoms with van der Waals surface area (Å²) in [5.74, 6) is 1.38. The average molecular weight is 677 g/mol. The van der Waals surface area contributed by atoms with Crippen LogP contribution in [0.3, 0.4) is 0 Å². The van der Waals surface area contributed by atoms with Crippen LogP contribution in [-0.4, -0.2) is 70.3 Å². The number of carbonyl (C=O) groups excluding carboxylic acids is 1. The van der Waals surface area contributed by atoms with E-state index in [9.17, 15) is 9.90 Å². The maximum Gasteiger partial charge on any atom is 0.291 e. The van der Waals surface area contributed by atoms with Crippen LogP contribution in [-0.2, 0) is 33.0 Å². The fraction of sp³-hybridized carbons (Fsp3) is 0.389. The predicted molar refractivity (Wildman–Crippen MR) is 184 cm³/mol. The van der Waals surface area contributed by atoms with Gasteiger partial charge in [0.05, 0.1) is 34.6 Å². The highest BCUT2D eigenvalue weighted by Crippen LogP contribution is 2.45. The van der Waals surface area contributed by atoms with Gasteiger partial charge in [0.15, 0.2) is 5.82 Å². The molecule has 3 aliphatic rings. The van der Waals surface area contributed by atoms with Crippen LogP contribution in [0.1, 0.15) is 57.6 Å². The summed E-state index contributed by atoms with van der Waals surface area (Å²) in [6.07, 6.45) is 2.74. The number of fused-ring (bicyclic) bond motifs is 2. The van der Waals surface area contributed by atoms with Gasteiger partial charge >= 0.3 is 0 Å². The number of carbonyl (C=O) groups is 1. The second kappa shape index (κ2) is 13.1. The number of imidazole rings is 1. The van der Waals surface area contributed by atoms with Crippen LogP contribution in [0, 0.1) is 0 Å². The molecule has 11 heteroatoms. The second-order valence-corrected chi connectivity index (χ2v) is 13.6. The SMILES string of the molecule is COc1cc(OC2CCc3c(-c4cccc(NC(=O)c5nc6c(n5C)CCN(C)C6)c4Cl)cccc32)c(Cl)cc1CN1CC[C@@H](O)C1. The molecule has 246 valence electrons. The van der Waals surface area contributed by atoms with Crippen molar-refractivity contribution in [3.63, 3.8) is 0 Å². The van der Waals surface area contributed by atoms with Crippen LogP contribution in [0.5, 0.6) is 11.5 Å². The van der Waals surface area contributed by atoms with Gasteiger partial charge in [-0.2, -0.15) is 0 Å². The van der Waals surface area contributed by atoms with Crippen molar-refractivity contribution in [1.82, 2.24) is 19.4 Å². The number of likely N-dealkylation sites (N-methyl/N-ethyl adjacent to an activating group) is 1. The van der Waals surface area contributed by atoms with Gasteiger partial charge in [0.1, 0.15) is 17.6 Å². The zero-order chi connectivity index (χ0) is 32.8. The molecule has 0 spiro atoms. The van der Waals surface area contributed by atoms with Crippen LogP contribution in [0.25, 0.3) is 11.1 Å². The third kappa shape index (κ3) is 6.23. The highest BCUT2D eigenvalue weighted by molar-refractivity contribution is 6.36. The first-order chi connectivity index (χ1) is 22.7. The number of hydrogen-bond donors (Lipinski definition) is 2. The van der Waals surface area contributed by atoms with Crippen molar-refractivity contribution in [2.45, 2.75) is 51.0 Å². The molecular formula is C36H39Cl2N5O4. The van der Waals surface area contributed by atoms with Crippen molar-refractivity contribution in [2.75, 3.05) is 39.1 Å². The van der Waals surface area contributed by atoms with Gasteiger partial charge < -0.3 is 29.4 Å². The summed E-state index contributed by atoms with van der Waals surface area (Å²) in [4.78, 5) is 22.5. The summed E-state index contributed by atoms with van der Waals surface area (Å²) >= 11 is 13.8. The summed E-state index contributed by atoms with van der Waals surface area (Å²) in [6.45, 7) is 3.80. The first-order valence-electron chi connectivity index (χ1n) is 16.1. The van der Waals surface area contributed by atoms with E-state index in [1.807, 2.05) is 48.0 Å². The first-order valence-corrected chi connectivity index (χ1v) is 16.8. The molecule has 47 heavy (non-hydrogen) atoms. The lowest BCUT2D eigenvalue weighted by Crippen LogP contribution is -2.27. The molecule has 2 atom stereocenters. The molecule has 1 unspecified atom stereocenters. The number of rotatable bonds is 8. The van der Waals surface area contributed by atoms with Crippen molar-refractivity contribution < 1.29 is 19.4 Å². The van der Waals surface area contributed by atoms with E-state index >= 15 is 0 Å². The standard InChI is InChI=1S/C36H39Cl2N5O4/c1-41-14-13-30-29(20-41)39-35(42(30)2)36(45)40-28-9-5-8-26(34(28)38)23-6-4-7-25-24(23)10-11-31(25)47-33-17-32(46-3)21(16-27(33)37)18-43-15-12-22(44)19-43/h4-9,16-17,22,31,44H,10-15,18-20H2,1-3H3,(H,40,45)/t22-,31?/m1/s1. The van der Waals surface area contributed by atoms with Crippen LogP contribution in [0.2, 0.25) is 10.0 Å². The van der Waals surface area contributed by atoms with E-state index in [1.54, 1.807) is 7.11 Å². The van der Waals surface area contributed by atoms with Gasteiger partial charge in [0.2, 0.25) is 0 Å². The van der Waals surface area contributed by atoms with Gasteiger partial charge in [-0.15, -0.1) is 0 Å². The number of aliphatic hydroxyl groups is 1. The lowest BCUT2D eigenvalue weighted by Gasteiger charge is -2.21. The maximum atomic E-state index is 13.4. The maximum absolute atomic E-state index is 13.4. The summed E-state index contributed by atoms with van der Waals surface area (Å²) in [7, 11) is 5.61. The Balaban J connectivity index is 1.11. The largest absolute Gasteiger partial charge is 0.496 e. The Morgan fingerprint density at radius 3 is 2.64 bits per heavy atom. The fourth-order valence-electron chi connectivity index (χ4n) is 7.20. The normalized spacial score (nSPS) is 19.4. The van der Waals surface area contributed by atoms with Gasteiger partial charge in [-0.3, -0.25) is 9.69 Å². The van der Waals surface area contributed by atoms with E-state index in [0.717, 1.165) is 84.5 Å². The van der Waals surface area contributed by atoms with E-state index in [-0.39, 0.29) is 18.1 Å². The number of amides is 1. The molecule has 4 aromatic rings. The Morgan fingerprint density at radius 2 is 1.85 bits per heavy atom. The molecule has 1 aromatic heterocycles. The van der Waals surface area contributed by atoms with Gasteiger partial charge in [0, 0.05) is 69.1 Å². The number of anilines is 1. The smallest absolute Gasteiger partial charge is 0.291 e. The van der Waals surface area contributed by atoms with Crippen LogP contribution >= 0.6 is 23.2 Å². The average Bonchev–Trinajstić information content (AvgIpc) is 3.76. The lowest BCUT2D eigenvalue weighted by atomic mass is 9.96. The Morgan fingerprint density at radius 1 is 1.04 bits per heavy atom. The second-order valence-electron chi connectivity index (χ2n) is 12.8. The van der Waals surface area contributed by atoms with Gasteiger partial charge in [-0.05, 0) is 55.1 Å². The van der Waals surface area contributed by atoms with E-state index in [4.69, 9.17) is 32.7 Å².